The van der Waals surface area contributed by atoms with Crippen molar-refractivity contribution in [3.8, 4) is 0 Å². The van der Waals surface area contributed by atoms with Gasteiger partial charge in [-0.2, -0.15) is 0 Å². The molecule has 0 bridgehead atoms. The molecule has 3 heteroatoms. The molecule has 2 N–H and O–H groups in total. The van der Waals surface area contributed by atoms with Crippen LogP contribution in [0, 0.1) is 0 Å². The lowest BCUT2D eigenvalue weighted by atomic mass is 10.4. The summed E-state index contributed by atoms with van der Waals surface area (Å²) >= 11 is 1.18. The smallest absolute Gasteiger partial charge is 0.142 e. The highest BCUT2D eigenvalue weighted by Gasteiger charge is 1.82. The maximum absolute atomic E-state index is 9.82. The third-order valence-electron chi connectivity index (χ3n) is 0.982. The molecular formula is C8H11NOS. The van der Waals surface area contributed by atoms with E-state index in [0.29, 0.717) is 0 Å². The van der Waals surface area contributed by atoms with Crippen LogP contribution in [-0.2, 0) is 4.79 Å². The summed E-state index contributed by atoms with van der Waals surface area (Å²) in [6.45, 7) is 1.91. The highest BCUT2D eigenvalue weighted by Crippen LogP contribution is 2.08. The third kappa shape index (κ3) is 5.63. The zero-order valence-electron chi connectivity index (χ0n) is 6.36. The molecule has 0 atom stereocenters. The Bertz CT molecular complexity index is 194. The van der Waals surface area contributed by atoms with E-state index in [9.17, 15) is 4.79 Å². The Morgan fingerprint density at radius 2 is 2.09 bits per heavy atom. The monoisotopic (exact) mass is 169 g/mol. The van der Waals surface area contributed by atoms with Crippen molar-refractivity contribution in [1.82, 2.24) is 0 Å². The Balaban J connectivity index is 3.90. The van der Waals surface area contributed by atoms with Gasteiger partial charge in [-0.05, 0) is 31.0 Å². The number of hydrogen-bond acceptors (Lipinski definition) is 3. The van der Waals surface area contributed by atoms with E-state index in [2.05, 4.69) is 0 Å². The first kappa shape index (κ1) is 10.2. The molecule has 0 aliphatic heterocycles. The van der Waals surface area contributed by atoms with Crippen molar-refractivity contribution in [1.29, 1.82) is 0 Å². The van der Waals surface area contributed by atoms with Gasteiger partial charge in [0, 0.05) is 4.91 Å². The molecule has 0 heterocycles. The summed E-state index contributed by atoms with van der Waals surface area (Å²) in [7, 11) is 0. The number of hydrogen-bond donors (Lipinski definition) is 1. The fourth-order valence-corrected chi connectivity index (χ4v) is 0.757. The fraction of sp³-hybridized carbons (Fsp3) is 0.125. The molecular weight excluding hydrogens is 158 g/mol. The van der Waals surface area contributed by atoms with E-state index < -0.39 is 0 Å². The zero-order valence-corrected chi connectivity index (χ0v) is 7.17. The van der Waals surface area contributed by atoms with Crippen LogP contribution in [0.5, 0.6) is 0 Å². The largest absolute Gasteiger partial charge is 0.299 e. The van der Waals surface area contributed by atoms with Crippen LogP contribution in [0.2, 0.25) is 0 Å². The highest BCUT2D eigenvalue weighted by molar-refractivity contribution is 8.01. The van der Waals surface area contributed by atoms with E-state index in [1.807, 2.05) is 19.1 Å². The van der Waals surface area contributed by atoms with Crippen LogP contribution >= 0.6 is 11.9 Å². The van der Waals surface area contributed by atoms with Gasteiger partial charge >= 0.3 is 0 Å². The number of nitrogens with two attached hydrogens (primary N) is 1. The summed E-state index contributed by atoms with van der Waals surface area (Å²) in [5.74, 6) is 0. The van der Waals surface area contributed by atoms with E-state index in [1.165, 1.54) is 18.0 Å². The Labute approximate surface area is 71.0 Å². The van der Waals surface area contributed by atoms with Crippen LogP contribution in [0.15, 0.2) is 35.3 Å². The van der Waals surface area contributed by atoms with E-state index in [1.54, 1.807) is 12.2 Å². The average Bonchev–Trinajstić information content (AvgIpc) is 2.05. The summed E-state index contributed by atoms with van der Waals surface area (Å²) < 4.78 is 0. The predicted molar refractivity (Wildman–Crippen MR) is 49.9 cm³/mol. The first-order valence-electron chi connectivity index (χ1n) is 3.16. The van der Waals surface area contributed by atoms with Crippen molar-refractivity contribution in [2.75, 3.05) is 0 Å². The number of carbonyl (C=O) groups excluding carboxylic acids is 1. The lowest BCUT2D eigenvalue weighted by molar-refractivity contribution is -0.104. The molecule has 60 valence electrons. The maximum atomic E-state index is 9.82. The summed E-state index contributed by atoms with van der Waals surface area (Å²) in [6.07, 6.45) is 9.32. The van der Waals surface area contributed by atoms with Crippen LogP contribution in [0.1, 0.15) is 6.92 Å². The van der Waals surface area contributed by atoms with Crippen LogP contribution in [-0.4, -0.2) is 6.29 Å². The van der Waals surface area contributed by atoms with Gasteiger partial charge in [0.1, 0.15) is 6.29 Å². The lowest BCUT2D eigenvalue weighted by Gasteiger charge is -1.89. The second-order valence-electron chi connectivity index (χ2n) is 1.69. The molecule has 0 aromatic carbocycles. The minimum atomic E-state index is 0.731. The molecule has 0 spiro atoms. The number of aldehydes is 1. The van der Waals surface area contributed by atoms with E-state index >= 15 is 0 Å². The van der Waals surface area contributed by atoms with Crippen LogP contribution < -0.4 is 5.14 Å². The van der Waals surface area contributed by atoms with Gasteiger partial charge in [0.25, 0.3) is 0 Å². The van der Waals surface area contributed by atoms with Crippen LogP contribution in [0.3, 0.4) is 0 Å². The van der Waals surface area contributed by atoms with Crippen molar-refractivity contribution in [3.05, 3.63) is 35.3 Å². The fourth-order valence-electron chi connectivity index (χ4n) is 0.463. The molecule has 0 unspecified atom stereocenters. The van der Waals surface area contributed by atoms with Gasteiger partial charge in [-0.3, -0.25) is 9.93 Å². The SMILES string of the molecule is C\C=C(/C=C\C=C\C=O)SN. The standard InChI is InChI=1S/C8H11NOS/c1-2-8(11-9)6-4-3-5-7-10/h2-7H,9H2,1H3/b5-3+,6-4-,8-2+. The summed E-state index contributed by atoms with van der Waals surface area (Å²) in [6, 6.07) is 0. The molecule has 0 radical (unpaired) electrons. The van der Waals surface area contributed by atoms with Crippen molar-refractivity contribution in [2.24, 2.45) is 5.14 Å². The summed E-state index contributed by atoms with van der Waals surface area (Å²) in [5.41, 5.74) is 0. The Kier molecular flexibility index (Phi) is 6.78. The quantitative estimate of drug-likeness (QED) is 0.302. The van der Waals surface area contributed by atoms with Crippen molar-refractivity contribution >= 4 is 18.2 Å². The molecule has 2 nitrogen and oxygen atoms in total. The molecule has 11 heavy (non-hydrogen) atoms. The minimum absolute atomic E-state index is 0.731. The number of allylic oxidation sites excluding steroid dienone is 5. The van der Waals surface area contributed by atoms with Gasteiger partial charge in [0.15, 0.2) is 0 Å². The van der Waals surface area contributed by atoms with Crippen LogP contribution in [0.25, 0.3) is 0 Å². The Morgan fingerprint density at radius 1 is 1.36 bits per heavy atom. The van der Waals surface area contributed by atoms with E-state index in [-0.39, 0.29) is 0 Å². The second-order valence-corrected chi connectivity index (χ2v) is 2.40. The normalized spacial score (nSPS) is 13.1. The van der Waals surface area contributed by atoms with Gasteiger partial charge in [0.2, 0.25) is 0 Å². The predicted octanol–water partition coefficient (Wildman–Crippen LogP) is 1.81. The van der Waals surface area contributed by atoms with E-state index in [4.69, 9.17) is 5.14 Å². The van der Waals surface area contributed by atoms with Gasteiger partial charge in [-0.1, -0.05) is 18.2 Å². The third-order valence-corrected chi connectivity index (χ3v) is 1.63. The topological polar surface area (TPSA) is 43.1 Å². The average molecular weight is 169 g/mol. The van der Waals surface area contributed by atoms with Gasteiger partial charge in [0.05, 0.1) is 0 Å². The zero-order chi connectivity index (χ0) is 8.53. The molecule has 0 aromatic rings. The number of carbonyl (C=O) groups is 1. The Hall–Kier alpha value is -0.800. The second kappa shape index (κ2) is 7.31. The minimum Gasteiger partial charge on any atom is -0.299 e. The van der Waals surface area contributed by atoms with Crippen molar-refractivity contribution in [3.63, 3.8) is 0 Å². The summed E-state index contributed by atoms with van der Waals surface area (Å²) in [4.78, 5) is 10.8. The summed E-state index contributed by atoms with van der Waals surface area (Å²) in [5, 5.41) is 5.30. The molecule has 0 saturated heterocycles. The molecule has 0 rings (SSSR count). The molecule has 0 aromatic heterocycles. The highest BCUT2D eigenvalue weighted by atomic mass is 32.2. The first-order valence-corrected chi connectivity index (χ1v) is 4.04. The van der Waals surface area contributed by atoms with Crippen molar-refractivity contribution in [2.45, 2.75) is 6.92 Å². The van der Waals surface area contributed by atoms with Crippen molar-refractivity contribution < 1.29 is 4.79 Å². The van der Waals surface area contributed by atoms with Gasteiger partial charge < -0.3 is 0 Å². The first-order chi connectivity index (χ1) is 5.35. The lowest BCUT2D eigenvalue weighted by Crippen LogP contribution is -1.77. The van der Waals surface area contributed by atoms with Gasteiger partial charge in [-0.25, -0.2) is 0 Å². The van der Waals surface area contributed by atoms with Gasteiger partial charge in [-0.15, -0.1) is 0 Å². The van der Waals surface area contributed by atoms with Crippen LogP contribution in [0.4, 0.5) is 0 Å². The maximum Gasteiger partial charge on any atom is 0.142 e. The molecule has 0 fully saturated rings. The molecule has 0 aliphatic rings. The van der Waals surface area contributed by atoms with E-state index in [0.717, 1.165) is 11.2 Å². The Morgan fingerprint density at radius 3 is 2.55 bits per heavy atom. The molecule has 0 aliphatic carbocycles. The number of rotatable bonds is 4. The molecule has 0 amide bonds. The molecule has 0 saturated carbocycles.